The SMILES string of the molecule is CCOC(/C=C/c1c(Cl)cccc1Cl)=C1CC1. The molecule has 0 unspecified atom stereocenters. The van der Waals surface area contributed by atoms with E-state index in [1.807, 2.05) is 37.3 Å². The van der Waals surface area contributed by atoms with Crippen LogP contribution in [0.5, 0.6) is 0 Å². The smallest absolute Gasteiger partial charge is 0.118 e. The molecule has 0 amide bonds. The molecule has 17 heavy (non-hydrogen) atoms. The van der Waals surface area contributed by atoms with Gasteiger partial charge in [0.15, 0.2) is 0 Å². The Morgan fingerprint density at radius 1 is 1.29 bits per heavy atom. The van der Waals surface area contributed by atoms with Gasteiger partial charge in [0.25, 0.3) is 0 Å². The third-order valence-electron chi connectivity index (χ3n) is 2.55. The van der Waals surface area contributed by atoms with Crippen LogP contribution < -0.4 is 0 Å². The van der Waals surface area contributed by atoms with Crippen LogP contribution >= 0.6 is 23.2 Å². The van der Waals surface area contributed by atoms with Crippen molar-refractivity contribution in [2.24, 2.45) is 0 Å². The van der Waals surface area contributed by atoms with Gasteiger partial charge in [-0.1, -0.05) is 29.3 Å². The molecule has 1 aliphatic carbocycles. The van der Waals surface area contributed by atoms with Crippen LogP contribution in [0.25, 0.3) is 6.08 Å². The number of benzene rings is 1. The first-order chi connectivity index (χ1) is 8.22. The molecule has 0 heterocycles. The molecule has 0 spiro atoms. The lowest BCUT2D eigenvalue weighted by molar-refractivity contribution is 0.241. The molecule has 90 valence electrons. The zero-order valence-corrected chi connectivity index (χ0v) is 11.2. The Labute approximate surface area is 112 Å². The minimum atomic E-state index is 0.658. The highest BCUT2D eigenvalue weighted by molar-refractivity contribution is 6.37. The Morgan fingerprint density at radius 3 is 2.47 bits per heavy atom. The number of hydrogen-bond donors (Lipinski definition) is 0. The van der Waals surface area contributed by atoms with E-state index in [9.17, 15) is 0 Å². The maximum Gasteiger partial charge on any atom is 0.118 e. The van der Waals surface area contributed by atoms with Crippen molar-refractivity contribution in [3.63, 3.8) is 0 Å². The summed E-state index contributed by atoms with van der Waals surface area (Å²) in [5, 5.41) is 1.32. The molecular weight excluding hydrogens is 255 g/mol. The maximum absolute atomic E-state index is 6.09. The van der Waals surface area contributed by atoms with Gasteiger partial charge < -0.3 is 4.74 Å². The average molecular weight is 269 g/mol. The Kier molecular flexibility index (Phi) is 4.14. The molecule has 0 atom stereocenters. The van der Waals surface area contributed by atoms with Gasteiger partial charge >= 0.3 is 0 Å². The van der Waals surface area contributed by atoms with Crippen molar-refractivity contribution in [3.05, 3.63) is 51.2 Å². The van der Waals surface area contributed by atoms with Crippen LogP contribution in [0.4, 0.5) is 0 Å². The first-order valence-electron chi connectivity index (χ1n) is 5.69. The Morgan fingerprint density at radius 2 is 1.94 bits per heavy atom. The fraction of sp³-hybridized carbons (Fsp3) is 0.286. The molecule has 0 N–H and O–H groups in total. The molecule has 0 bridgehead atoms. The van der Waals surface area contributed by atoms with Crippen LogP contribution in [-0.2, 0) is 4.74 Å². The summed E-state index contributed by atoms with van der Waals surface area (Å²) in [5.74, 6) is 0.962. The van der Waals surface area contributed by atoms with E-state index in [-0.39, 0.29) is 0 Å². The molecule has 0 radical (unpaired) electrons. The van der Waals surface area contributed by atoms with Crippen molar-refractivity contribution >= 4 is 29.3 Å². The third kappa shape index (κ3) is 3.27. The van der Waals surface area contributed by atoms with Gasteiger partial charge in [-0.25, -0.2) is 0 Å². The topological polar surface area (TPSA) is 9.23 Å². The number of hydrogen-bond acceptors (Lipinski definition) is 1. The Bertz CT molecular complexity index is 449. The summed E-state index contributed by atoms with van der Waals surface area (Å²) in [6, 6.07) is 5.50. The number of allylic oxidation sites excluding steroid dienone is 2. The summed E-state index contributed by atoms with van der Waals surface area (Å²) in [6.45, 7) is 2.67. The second-order valence-corrected chi connectivity index (χ2v) is 4.68. The van der Waals surface area contributed by atoms with E-state index in [4.69, 9.17) is 27.9 Å². The lowest BCUT2D eigenvalue weighted by Crippen LogP contribution is -1.88. The Hall–Kier alpha value is -0.920. The summed E-state index contributed by atoms with van der Waals surface area (Å²) >= 11 is 12.2. The quantitative estimate of drug-likeness (QED) is 0.691. The lowest BCUT2D eigenvalue weighted by Gasteiger charge is -2.04. The Balaban J connectivity index is 2.22. The van der Waals surface area contributed by atoms with Gasteiger partial charge in [0, 0.05) is 15.6 Å². The van der Waals surface area contributed by atoms with Gasteiger partial charge in [-0.3, -0.25) is 0 Å². The first kappa shape index (κ1) is 12.5. The zero-order valence-electron chi connectivity index (χ0n) is 9.67. The van der Waals surface area contributed by atoms with Crippen LogP contribution in [0.3, 0.4) is 0 Å². The van der Waals surface area contributed by atoms with Crippen LogP contribution in [0.2, 0.25) is 10.0 Å². The number of halogens is 2. The standard InChI is InChI=1S/C14H14Cl2O/c1-2-17-14(10-6-7-10)9-8-11-12(15)4-3-5-13(11)16/h3-5,8-9H,2,6-7H2,1H3/b9-8+. The largest absolute Gasteiger partial charge is 0.494 e. The molecule has 0 saturated heterocycles. The second-order valence-electron chi connectivity index (χ2n) is 3.87. The van der Waals surface area contributed by atoms with Crippen LogP contribution in [0.15, 0.2) is 35.6 Å². The maximum atomic E-state index is 6.09. The van der Waals surface area contributed by atoms with Gasteiger partial charge in [0.1, 0.15) is 5.76 Å². The van der Waals surface area contributed by atoms with E-state index in [0.717, 1.165) is 24.2 Å². The predicted octanol–water partition coefficient (Wildman–Crippen LogP) is 5.09. The van der Waals surface area contributed by atoms with Gasteiger partial charge in [-0.15, -0.1) is 0 Å². The molecule has 1 nitrogen and oxygen atoms in total. The highest BCUT2D eigenvalue weighted by Crippen LogP contribution is 2.33. The van der Waals surface area contributed by atoms with Crippen molar-refractivity contribution in [1.82, 2.24) is 0 Å². The molecule has 1 fully saturated rings. The van der Waals surface area contributed by atoms with E-state index in [1.165, 1.54) is 5.57 Å². The molecule has 1 aromatic carbocycles. The predicted molar refractivity (Wildman–Crippen MR) is 73.4 cm³/mol. The summed E-state index contributed by atoms with van der Waals surface area (Å²) < 4.78 is 5.57. The van der Waals surface area contributed by atoms with Crippen LogP contribution in [0.1, 0.15) is 25.3 Å². The molecule has 1 aliphatic rings. The van der Waals surface area contributed by atoms with Gasteiger partial charge in [0.2, 0.25) is 0 Å². The summed E-state index contributed by atoms with van der Waals surface area (Å²) in [4.78, 5) is 0. The number of ether oxygens (including phenoxy) is 1. The molecule has 0 aromatic heterocycles. The zero-order chi connectivity index (χ0) is 12.3. The van der Waals surface area contributed by atoms with Crippen LogP contribution in [0, 0.1) is 0 Å². The van der Waals surface area contributed by atoms with Gasteiger partial charge in [-0.05, 0) is 49.6 Å². The van der Waals surface area contributed by atoms with Crippen molar-refractivity contribution in [2.45, 2.75) is 19.8 Å². The minimum absolute atomic E-state index is 0.658. The molecule has 2 rings (SSSR count). The van der Waals surface area contributed by atoms with E-state index in [2.05, 4.69) is 0 Å². The first-order valence-corrected chi connectivity index (χ1v) is 6.45. The molecule has 1 saturated carbocycles. The summed E-state index contributed by atoms with van der Waals surface area (Å²) in [6.07, 6.45) is 6.14. The minimum Gasteiger partial charge on any atom is -0.494 e. The van der Waals surface area contributed by atoms with Crippen molar-refractivity contribution in [3.8, 4) is 0 Å². The fourth-order valence-corrected chi connectivity index (χ4v) is 2.08. The van der Waals surface area contributed by atoms with E-state index < -0.39 is 0 Å². The summed E-state index contributed by atoms with van der Waals surface area (Å²) in [7, 11) is 0. The van der Waals surface area contributed by atoms with E-state index in [0.29, 0.717) is 16.7 Å². The fourth-order valence-electron chi connectivity index (χ4n) is 1.56. The van der Waals surface area contributed by atoms with E-state index >= 15 is 0 Å². The highest BCUT2D eigenvalue weighted by Gasteiger charge is 2.17. The average Bonchev–Trinajstić information content (AvgIpc) is 3.10. The monoisotopic (exact) mass is 268 g/mol. The van der Waals surface area contributed by atoms with Gasteiger partial charge in [-0.2, -0.15) is 0 Å². The normalized spacial score (nSPS) is 14.2. The molecule has 3 heteroatoms. The molecular formula is C14H14Cl2O. The van der Waals surface area contributed by atoms with Crippen molar-refractivity contribution in [2.75, 3.05) is 6.61 Å². The second kappa shape index (κ2) is 5.61. The summed E-state index contributed by atoms with van der Waals surface area (Å²) in [5.41, 5.74) is 2.21. The molecule has 0 aliphatic heterocycles. The highest BCUT2D eigenvalue weighted by atomic mass is 35.5. The number of rotatable bonds is 4. The van der Waals surface area contributed by atoms with Crippen LogP contribution in [-0.4, -0.2) is 6.61 Å². The van der Waals surface area contributed by atoms with Crippen molar-refractivity contribution in [1.29, 1.82) is 0 Å². The lowest BCUT2D eigenvalue weighted by atomic mass is 10.2. The molecule has 1 aromatic rings. The van der Waals surface area contributed by atoms with Gasteiger partial charge in [0.05, 0.1) is 6.61 Å². The van der Waals surface area contributed by atoms with E-state index in [1.54, 1.807) is 0 Å². The third-order valence-corrected chi connectivity index (χ3v) is 3.21. The van der Waals surface area contributed by atoms with Crippen molar-refractivity contribution < 1.29 is 4.74 Å².